The summed E-state index contributed by atoms with van der Waals surface area (Å²) in [4.78, 5) is 30.6. The van der Waals surface area contributed by atoms with Gasteiger partial charge in [0, 0.05) is 13.2 Å². The average molecular weight is 388 g/mol. The maximum atomic E-state index is 13.0. The number of halogens is 1. The van der Waals surface area contributed by atoms with Crippen LogP contribution in [0, 0.1) is 12.7 Å². The number of aryl methyl sites for hydroxylation is 1. The van der Waals surface area contributed by atoms with Crippen molar-refractivity contribution in [2.24, 2.45) is 0 Å². The Balaban J connectivity index is 1.81. The number of thiazole rings is 1. The molecule has 0 aliphatic heterocycles. The van der Waals surface area contributed by atoms with Gasteiger partial charge in [0.1, 0.15) is 10.7 Å². The van der Waals surface area contributed by atoms with Gasteiger partial charge in [0.25, 0.3) is 5.91 Å². The van der Waals surface area contributed by atoms with Crippen molar-refractivity contribution in [1.29, 1.82) is 0 Å². The van der Waals surface area contributed by atoms with Gasteiger partial charge in [-0.3, -0.25) is 9.69 Å². The van der Waals surface area contributed by atoms with E-state index in [-0.39, 0.29) is 24.0 Å². The Labute approximate surface area is 159 Å². The molecule has 7 nitrogen and oxygen atoms in total. The van der Waals surface area contributed by atoms with E-state index in [4.69, 9.17) is 4.74 Å². The van der Waals surface area contributed by atoms with Crippen LogP contribution in [0.1, 0.15) is 32.8 Å². The number of carbonyl (C=O) groups is 2. The van der Waals surface area contributed by atoms with E-state index in [1.807, 2.05) is 0 Å². The number of hydrogen-bond donors (Lipinski definition) is 0. The van der Waals surface area contributed by atoms with Crippen LogP contribution in [0.2, 0.25) is 0 Å². The summed E-state index contributed by atoms with van der Waals surface area (Å²) in [7, 11) is 1.56. The summed E-state index contributed by atoms with van der Waals surface area (Å²) in [6.45, 7) is 3.68. The van der Waals surface area contributed by atoms with Gasteiger partial charge in [0.2, 0.25) is 0 Å². The number of carbonyl (C=O) groups excluding carboxylic acids is 2. The molecule has 3 aromatic rings. The molecule has 0 N–H and O–H groups in total. The molecule has 1 aromatic carbocycles. The largest absolute Gasteiger partial charge is 0.462 e. The summed E-state index contributed by atoms with van der Waals surface area (Å²) in [6.07, 6.45) is 1.62. The normalized spacial score (nSPS) is 10.7. The zero-order valence-corrected chi connectivity index (χ0v) is 15.8. The first-order chi connectivity index (χ1) is 12.9. The van der Waals surface area contributed by atoms with Gasteiger partial charge in [0.15, 0.2) is 10.8 Å². The number of esters is 1. The molecule has 0 unspecified atom stereocenters. The van der Waals surface area contributed by atoms with Gasteiger partial charge in [-0.1, -0.05) is 11.3 Å². The third kappa shape index (κ3) is 3.87. The fourth-order valence-corrected chi connectivity index (χ4v) is 3.27. The molecule has 3 rings (SSSR count). The second-order valence-corrected chi connectivity index (χ2v) is 6.60. The molecule has 0 bridgehead atoms. The van der Waals surface area contributed by atoms with Crippen LogP contribution in [0.5, 0.6) is 0 Å². The Morgan fingerprint density at radius 2 is 1.96 bits per heavy atom. The molecule has 0 aliphatic carbocycles. The minimum atomic E-state index is -0.458. The van der Waals surface area contributed by atoms with Gasteiger partial charge in [0.05, 0.1) is 18.0 Å². The van der Waals surface area contributed by atoms with Crippen molar-refractivity contribution in [2.75, 3.05) is 18.6 Å². The maximum absolute atomic E-state index is 13.0. The molecule has 2 heterocycles. The lowest BCUT2D eigenvalue weighted by Gasteiger charge is -2.11. The topological polar surface area (TPSA) is 77.3 Å². The van der Waals surface area contributed by atoms with E-state index >= 15 is 0 Å². The average Bonchev–Trinajstić information content (AvgIpc) is 3.28. The number of benzene rings is 1. The SMILES string of the molecule is CCOC(=O)c1sc(N(C)C(=O)c2ccn(-c3ccc(F)cc3)n2)nc1C. The van der Waals surface area contributed by atoms with Gasteiger partial charge in [-0.25, -0.2) is 18.9 Å². The van der Waals surface area contributed by atoms with Gasteiger partial charge >= 0.3 is 5.97 Å². The monoisotopic (exact) mass is 388 g/mol. The van der Waals surface area contributed by atoms with Crippen molar-refractivity contribution in [1.82, 2.24) is 14.8 Å². The standard InChI is InChI=1S/C18H17FN4O3S/c1-4-26-17(25)15-11(2)20-18(27-15)22(3)16(24)14-9-10-23(21-14)13-7-5-12(19)6-8-13/h5-10H,4H2,1-3H3. The zero-order valence-electron chi connectivity index (χ0n) is 15.0. The summed E-state index contributed by atoms with van der Waals surface area (Å²) >= 11 is 1.09. The number of nitrogens with zero attached hydrogens (tertiary/aromatic N) is 4. The van der Waals surface area contributed by atoms with Crippen molar-refractivity contribution >= 4 is 28.3 Å². The first-order valence-electron chi connectivity index (χ1n) is 8.15. The smallest absolute Gasteiger partial charge is 0.350 e. The molecule has 0 atom stereocenters. The molecule has 0 radical (unpaired) electrons. The van der Waals surface area contributed by atoms with E-state index in [9.17, 15) is 14.0 Å². The fourth-order valence-electron chi connectivity index (χ4n) is 2.35. The Morgan fingerprint density at radius 3 is 2.63 bits per heavy atom. The van der Waals surface area contributed by atoms with Crippen LogP contribution in [0.15, 0.2) is 36.5 Å². The van der Waals surface area contributed by atoms with Crippen molar-refractivity contribution in [3.05, 3.63) is 58.6 Å². The van der Waals surface area contributed by atoms with Gasteiger partial charge in [-0.2, -0.15) is 5.10 Å². The van der Waals surface area contributed by atoms with E-state index in [2.05, 4.69) is 10.1 Å². The number of amides is 1. The number of ether oxygens (including phenoxy) is 1. The predicted octanol–water partition coefficient (Wildman–Crippen LogP) is 3.23. The van der Waals surface area contributed by atoms with Crippen LogP contribution >= 0.6 is 11.3 Å². The summed E-state index contributed by atoms with van der Waals surface area (Å²) in [6, 6.07) is 7.33. The van der Waals surface area contributed by atoms with Crippen molar-refractivity contribution < 1.29 is 18.7 Å². The van der Waals surface area contributed by atoms with Crippen LogP contribution < -0.4 is 4.90 Å². The van der Waals surface area contributed by atoms with Gasteiger partial charge in [-0.05, 0) is 44.2 Å². The third-order valence-corrected chi connectivity index (χ3v) is 4.95. The van der Waals surface area contributed by atoms with Crippen molar-refractivity contribution in [3.8, 4) is 5.69 Å². The predicted molar refractivity (Wildman–Crippen MR) is 99.1 cm³/mol. The Morgan fingerprint density at radius 1 is 1.26 bits per heavy atom. The molecular weight excluding hydrogens is 371 g/mol. The third-order valence-electron chi connectivity index (χ3n) is 3.74. The van der Waals surface area contributed by atoms with E-state index in [1.165, 1.54) is 21.7 Å². The number of rotatable bonds is 5. The van der Waals surface area contributed by atoms with E-state index in [0.717, 1.165) is 11.3 Å². The Hall–Kier alpha value is -3.07. The molecule has 140 valence electrons. The second-order valence-electron chi connectivity index (χ2n) is 5.62. The Bertz CT molecular complexity index is 981. The Kier molecular flexibility index (Phi) is 5.31. The molecule has 2 aromatic heterocycles. The van der Waals surface area contributed by atoms with Crippen molar-refractivity contribution in [2.45, 2.75) is 13.8 Å². The summed E-state index contributed by atoms with van der Waals surface area (Å²) in [5.74, 6) is -1.18. The highest BCUT2D eigenvalue weighted by Gasteiger charge is 2.23. The van der Waals surface area contributed by atoms with E-state index in [1.54, 1.807) is 45.3 Å². The molecule has 0 aliphatic rings. The van der Waals surface area contributed by atoms with E-state index in [0.29, 0.717) is 21.4 Å². The van der Waals surface area contributed by atoms with Crippen molar-refractivity contribution in [3.63, 3.8) is 0 Å². The molecule has 1 amide bonds. The van der Waals surface area contributed by atoms with Crippen LogP contribution in [-0.2, 0) is 4.74 Å². The first kappa shape index (κ1) is 18.7. The molecule has 0 spiro atoms. The molecule has 0 fully saturated rings. The molecule has 9 heteroatoms. The first-order valence-corrected chi connectivity index (χ1v) is 8.96. The number of anilines is 1. The zero-order chi connectivity index (χ0) is 19.6. The van der Waals surface area contributed by atoms with Crippen LogP contribution in [-0.4, -0.2) is 40.3 Å². The number of hydrogen-bond acceptors (Lipinski definition) is 6. The number of aromatic nitrogens is 3. The van der Waals surface area contributed by atoms with E-state index < -0.39 is 5.97 Å². The highest BCUT2D eigenvalue weighted by Crippen LogP contribution is 2.27. The van der Waals surface area contributed by atoms with Crippen LogP contribution in [0.4, 0.5) is 9.52 Å². The lowest BCUT2D eigenvalue weighted by atomic mass is 10.3. The van der Waals surface area contributed by atoms with Crippen LogP contribution in [0.25, 0.3) is 5.69 Å². The molecule has 0 saturated carbocycles. The van der Waals surface area contributed by atoms with Gasteiger partial charge < -0.3 is 4.74 Å². The fraction of sp³-hybridized carbons (Fsp3) is 0.222. The molecule has 27 heavy (non-hydrogen) atoms. The lowest BCUT2D eigenvalue weighted by Crippen LogP contribution is -2.26. The highest BCUT2D eigenvalue weighted by atomic mass is 32.1. The quantitative estimate of drug-likeness (QED) is 0.627. The van der Waals surface area contributed by atoms with Crippen LogP contribution in [0.3, 0.4) is 0 Å². The summed E-state index contributed by atoms with van der Waals surface area (Å²) in [5.41, 5.74) is 1.34. The minimum Gasteiger partial charge on any atom is -0.462 e. The maximum Gasteiger partial charge on any atom is 0.350 e. The second kappa shape index (κ2) is 7.67. The molecule has 0 saturated heterocycles. The van der Waals surface area contributed by atoms with Gasteiger partial charge in [-0.15, -0.1) is 0 Å². The summed E-state index contributed by atoms with van der Waals surface area (Å²) < 4.78 is 19.5. The minimum absolute atomic E-state index is 0.201. The highest BCUT2D eigenvalue weighted by molar-refractivity contribution is 7.17. The lowest BCUT2D eigenvalue weighted by molar-refractivity contribution is 0.0531. The molecular formula is C18H17FN4O3S. The summed E-state index contributed by atoms with van der Waals surface area (Å²) in [5, 5.41) is 4.61.